The summed E-state index contributed by atoms with van der Waals surface area (Å²) in [6, 6.07) is 27.0. The minimum atomic E-state index is 0.0774. The average molecular weight is 417 g/mol. The number of likely N-dealkylation sites (tertiary alicyclic amines) is 1. The highest BCUT2D eigenvalue weighted by atomic mass is 32.2. The van der Waals surface area contributed by atoms with Crippen LogP contribution in [0.5, 0.6) is 0 Å². The van der Waals surface area contributed by atoms with E-state index in [4.69, 9.17) is 0 Å². The fourth-order valence-corrected chi connectivity index (χ4v) is 4.85. The first-order chi connectivity index (χ1) is 14.7. The summed E-state index contributed by atoms with van der Waals surface area (Å²) in [5.74, 6) is 0.222. The van der Waals surface area contributed by atoms with Gasteiger partial charge >= 0.3 is 0 Å². The minimum Gasteiger partial charge on any atom is -0.325 e. The number of hydrogen-bond acceptors (Lipinski definition) is 3. The Morgan fingerprint density at radius 1 is 0.967 bits per heavy atom. The molecule has 3 aromatic rings. The van der Waals surface area contributed by atoms with Gasteiger partial charge in [-0.3, -0.25) is 9.69 Å². The van der Waals surface area contributed by atoms with Crippen LogP contribution in [0, 0.1) is 12.8 Å². The van der Waals surface area contributed by atoms with Crippen molar-refractivity contribution in [3.05, 3.63) is 90.0 Å². The van der Waals surface area contributed by atoms with Crippen LogP contribution in [-0.2, 0) is 11.3 Å². The Labute approximate surface area is 183 Å². The predicted octanol–water partition coefficient (Wildman–Crippen LogP) is 6.00. The van der Waals surface area contributed by atoms with Crippen LogP contribution in [0.15, 0.2) is 88.7 Å². The molecule has 1 fully saturated rings. The summed E-state index contributed by atoms with van der Waals surface area (Å²) in [6.07, 6.45) is 1.82. The maximum atomic E-state index is 12.9. The lowest BCUT2D eigenvalue weighted by atomic mass is 9.95. The van der Waals surface area contributed by atoms with Crippen LogP contribution in [0.3, 0.4) is 0 Å². The molecule has 0 atom stereocenters. The van der Waals surface area contributed by atoms with Crippen molar-refractivity contribution in [1.82, 2.24) is 4.90 Å². The normalized spacial score (nSPS) is 15.1. The van der Waals surface area contributed by atoms with Crippen LogP contribution in [0.25, 0.3) is 0 Å². The number of amides is 1. The van der Waals surface area contributed by atoms with Crippen molar-refractivity contribution in [3.8, 4) is 0 Å². The fourth-order valence-electron chi connectivity index (χ4n) is 3.93. The van der Waals surface area contributed by atoms with Gasteiger partial charge in [0.1, 0.15) is 0 Å². The van der Waals surface area contributed by atoms with Gasteiger partial charge < -0.3 is 5.32 Å². The van der Waals surface area contributed by atoms with Crippen molar-refractivity contribution in [3.63, 3.8) is 0 Å². The van der Waals surface area contributed by atoms with Gasteiger partial charge in [-0.1, -0.05) is 71.9 Å². The molecule has 1 heterocycles. The molecule has 1 amide bonds. The molecule has 3 aromatic carbocycles. The lowest BCUT2D eigenvalue weighted by Crippen LogP contribution is -2.37. The number of para-hydroxylation sites is 1. The van der Waals surface area contributed by atoms with Gasteiger partial charge in [-0.2, -0.15) is 0 Å². The fraction of sp³-hybridized carbons (Fsp3) is 0.269. The number of rotatable bonds is 6. The van der Waals surface area contributed by atoms with Crippen molar-refractivity contribution in [2.45, 2.75) is 36.1 Å². The molecule has 0 spiro atoms. The highest BCUT2D eigenvalue weighted by molar-refractivity contribution is 7.99. The van der Waals surface area contributed by atoms with Gasteiger partial charge in [-0.05, 0) is 62.7 Å². The topological polar surface area (TPSA) is 32.3 Å². The van der Waals surface area contributed by atoms with E-state index < -0.39 is 0 Å². The predicted molar refractivity (Wildman–Crippen MR) is 125 cm³/mol. The van der Waals surface area contributed by atoms with Crippen molar-refractivity contribution in [1.29, 1.82) is 0 Å². The summed E-state index contributed by atoms with van der Waals surface area (Å²) in [5.41, 5.74) is 3.55. The molecule has 4 rings (SSSR count). The zero-order chi connectivity index (χ0) is 20.8. The summed E-state index contributed by atoms with van der Waals surface area (Å²) < 4.78 is 0. The minimum absolute atomic E-state index is 0.0774. The van der Waals surface area contributed by atoms with E-state index in [1.54, 1.807) is 11.8 Å². The largest absolute Gasteiger partial charge is 0.325 e. The van der Waals surface area contributed by atoms with E-state index in [0.717, 1.165) is 43.1 Å². The zero-order valence-corrected chi connectivity index (χ0v) is 18.2. The number of aryl methyl sites for hydroxylation is 1. The number of nitrogens with zero attached hydrogens (tertiary/aromatic N) is 1. The molecule has 0 radical (unpaired) electrons. The first kappa shape index (κ1) is 20.7. The third-order valence-electron chi connectivity index (χ3n) is 5.56. The Morgan fingerprint density at radius 2 is 1.70 bits per heavy atom. The highest BCUT2D eigenvalue weighted by Crippen LogP contribution is 2.33. The van der Waals surface area contributed by atoms with Crippen LogP contribution < -0.4 is 5.32 Å². The van der Waals surface area contributed by atoms with Crippen LogP contribution in [0.4, 0.5) is 5.69 Å². The van der Waals surface area contributed by atoms with Crippen LogP contribution in [-0.4, -0.2) is 23.9 Å². The maximum Gasteiger partial charge on any atom is 0.227 e. The van der Waals surface area contributed by atoms with E-state index in [-0.39, 0.29) is 11.8 Å². The molecular weight excluding hydrogens is 388 g/mol. The van der Waals surface area contributed by atoms with E-state index in [2.05, 4.69) is 59.6 Å². The van der Waals surface area contributed by atoms with Gasteiger partial charge in [0, 0.05) is 22.3 Å². The number of hydrogen-bond donors (Lipinski definition) is 1. The zero-order valence-electron chi connectivity index (χ0n) is 17.4. The molecule has 0 bridgehead atoms. The molecule has 30 heavy (non-hydrogen) atoms. The Bertz CT molecular complexity index is 981. The van der Waals surface area contributed by atoms with Gasteiger partial charge in [0.2, 0.25) is 5.91 Å². The molecular formula is C26H28N2OS. The molecule has 1 N–H and O–H groups in total. The Hall–Kier alpha value is -2.56. The van der Waals surface area contributed by atoms with Gasteiger partial charge in [-0.25, -0.2) is 0 Å². The maximum absolute atomic E-state index is 12.9. The number of carbonyl (C=O) groups excluding carboxylic acids is 1. The molecule has 0 aliphatic carbocycles. The number of benzene rings is 3. The van der Waals surface area contributed by atoms with Crippen molar-refractivity contribution in [2.75, 3.05) is 18.4 Å². The first-order valence-corrected chi connectivity index (χ1v) is 11.4. The molecule has 3 nitrogen and oxygen atoms in total. The van der Waals surface area contributed by atoms with Crippen molar-refractivity contribution < 1.29 is 4.79 Å². The molecule has 1 aliphatic heterocycles. The standard InChI is InChI=1S/C26H28N2OS/c1-20-8-7-9-21(18-20)19-28-16-14-22(15-17-28)26(29)27-24-12-5-6-13-25(24)30-23-10-3-2-4-11-23/h2-13,18,22H,14-17,19H2,1H3,(H,27,29). The molecule has 1 saturated heterocycles. The molecule has 4 heteroatoms. The third kappa shape index (κ3) is 5.53. The van der Waals surface area contributed by atoms with Crippen LogP contribution in [0.2, 0.25) is 0 Å². The van der Waals surface area contributed by atoms with Crippen molar-refractivity contribution in [2.24, 2.45) is 5.92 Å². The summed E-state index contributed by atoms with van der Waals surface area (Å²) in [4.78, 5) is 17.6. The number of nitrogens with one attached hydrogen (secondary N) is 1. The van der Waals surface area contributed by atoms with Gasteiger partial charge in [-0.15, -0.1) is 0 Å². The summed E-state index contributed by atoms with van der Waals surface area (Å²) >= 11 is 1.68. The Kier molecular flexibility index (Phi) is 6.88. The highest BCUT2D eigenvalue weighted by Gasteiger charge is 2.25. The number of anilines is 1. The molecule has 154 valence electrons. The van der Waals surface area contributed by atoms with Gasteiger partial charge in [0.15, 0.2) is 0 Å². The van der Waals surface area contributed by atoms with Gasteiger partial charge in [0.25, 0.3) is 0 Å². The molecule has 1 aliphatic rings. The smallest absolute Gasteiger partial charge is 0.227 e. The van der Waals surface area contributed by atoms with E-state index in [0.29, 0.717) is 0 Å². The second kappa shape index (κ2) is 9.96. The lowest BCUT2D eigenvalue weighted by Gasteiger charge is -2.31. The Morgan fingerprint density at radius 3 is 2.47 bits per heavy atom. The number of carbonyl (C=O) groups is 1. The van der Waals surface area contributed by atoms with E-state index in [9.17, 15) is 4.79 Å². The third-order valence-corrected chi connectivity index (χ3v) is 6.65. The van der Waals surface area contributed by atoms with Crippen molar-refractivity contribution >= 4 is 23.4 Å². The SMILES string of the molecule is Cc1cccc(CN2CCC(C(=O)Nc3ccccc3Sc3ccccc3)CC2)c1. The van der Waals surface area contributed by atoms with E-state index >= 15 is 0 Å². The monoisotopic (exact) mass is 416 g/mol. The lowest BCUT2D eigenvalue weighted by molar-refractivity contribution is -0.121. The molecule has 0 unspecified atom stereocenters. The molecule has 0 saturated carbocycles. The van der Waals surface area contributed by atoms with E-state index in [1.165, 1.54) is 16.0 Å². The average Bonchev–Trinajstić information content (AvgIpc) is 2.76. The van der Waals surface area contributed by atoms with E-state index in [1.807, 2.05) is 36.4 Å². The van der Waals surface area contributed by atoms with Gasteiger partial charge in [0.05, 0.1) is 5.69 Å². The summed E-state index contributed by atoms with van der Waals surface area (Å²) in [5, 5.41) is 3.19. The second-order valence-electron chi connectivity index (χ2n) is 7.94. The number of piperidine rings is 1. The second-order valence-corrected chi connectivity index (χ2v) is 9.06. The quantitative estimate of drug-likeness (QED) is 0.535. The van der Waals surface area contributed by atoms with Crippen LogP contribution in [0.1, 0.15) is 24.0 Å². The van der Waals surface area contributed by atoms with Crippen LogP contribution >= 0.6 is 11.8 Å². The Balaban J connectivity index is 1.33. The molecule has 0 aromatic heterocycles. The summed E-state index contributed by atoms with van der Waals surface area (Å²) in [7, 11) is 0. The first-order valence-electron chi connectivity index (χ1n) is 10.6. The summed E-state index contributed by atoms with van der Waals surface area (Å²) in [6.45, 7) is 5.03.